The maximum Gasteiger partial charge on any atom is 0.321 e. The number of nitro benzene ring substituents is 1. The minimum Gasteiger partial charge on any atom is -0.322 e. The molecular weight excluding hydrogens is 318 g/mol. The fourth-order valence-electron chi connectivity index (χ4n) is 2.57. The summed E-state index contributed by atoms with van der Waals surface area (Å²) in [7, 11) is -0.959. The Hall–Kier alpha value is -1.96. The monoisotopic (exact) mass is 339 g/mol. The molecule has 1 saturated heterocycles. The van der Waals surface area contributed by atoms with E-state index in [4.69, 9.17) is 0 Å². The summed E-state index contributed by atoms with van der Waals surface area (Å²) in [6, 6.07) is 4.37. The van der Waals surface area contributed by atoms with Crippen molar-refractivity contribution >= 4 is 28.2 Å². The third-order valence-electron chi connectivity index (χ3n) is 3.94. The predicted molar refractivity (Wildman–Crippen MR) is 90.2 cm³/mol. The van der Waals surface area contributed by atoms with Crippen LogP contribution >= 0.6 is 0 Å². The standard InChI is InChI=1S/C15H21N3O4S/c1-4-11-5-6-12(9-13(11)18(20)21)16-14(19)17-7-8-23(22)15(2,3)10-17/h5-6,9H,4,7-8,10H2,1-3H3,(H,16,19). The van der Waals surface area contributed by atoms with E-state index in [1.807, 2.05) is 20.8 Å². The smallest absolute Gasteiger partial charge is 0.321 e. The van der Waals surface area contributed by atoms with Crippen molar-refractivity contribution in [2.45, 2.75) is 31.9 Å². The molecule has 1 heterocycles. The van der Waals surface area contributed by atoms with E-state index in [2.05, 4.69) is 5.32 Å². The van der Waals surface area contributed by atoms with Gasteiger partial charge in [-0.2, -0.15) is 0 Å². The van der Waals surface area contributed by atoms with Crippen LogP contribution in [0.25, 0.3) is 0 Å². The van der Waals surface area contributed by atoms with E-state index in [1.54, 1.807) is 17.0 Å². The van der Waals surface area contributed by atoms with Crippen LogP contribution in [-0.2, 0) is 17.2 Å². The van der Waals surface area contributed by atoms with Crippen LogP contribution in [0.1, 0.15) is 26.3 Å². The van der Waals surface area contributed by atoms with E-state index >= 15 is 0 Å². The second-order valence-corrected chi connectivity index (χ2v) is 8.32. The van der Waals surface area contributed by atoms with Gasteiger partial charge >= 0.3 is 6.03 Å². The third-order valence-corrected chi connectivity index (χ3v) is 5.85. The van der Waals surface area contributed by atoms with Crippen LogP contribution in [0.2, 0.25) is 0 Å². The number of nitro groups is 1. The van der Waals surface area contributed by atoms with Crippen LogP contribution in [0.5, 0.6) is 0 Å². The van der Waals surface area contributed by atoms with Gasteiger partial charge in [0.1, 0.15) is 0 Å². The zero-order valence-electron chi connectivity index (χ0n) is 13.5. The fourth-order valence-corrected chi connectivity index (χ4v) is 3.81. The van der Waals surface area contributed by atoms with Crippen LogP contribution in [0.4, 0.5) is 16.2 Å². The van der Waals surface area contributed by atoms with Crippen molar-refractivity contribution in [3.63, 3.8) is 0 Å². The zero-order chi connectivity index (χ0) is 17.2. The molecule has 0 bridgehead atoms. The Bertz CT molecular complexity index is 660. The summed E-state index contributed by atoms with van der Waals surface area (Å²) < 4.78 is 11.5. The lowest BCUT2D eigenvalue weighted by molar-refractivity contribution is -0.385. The van der Waals surface area contributed by atoms with Crippen LogP contribution < -0.4 is 5.32 Å². The topological polar surface area (TPSA) is 92.6 Å². The molecule has 1 aliphatic heterocycles. The molecule has 23 heavy (non-hydrogen) atoms. The molecule has 0 spiro atoms. The number of nitrogens with one attached hydrogen (secondary N) is 1. The molecule has 126 valence electrons. The van der Waals surface area contributed by atoms with Gasteiger partial charge in [0, 0.05) is 47.0 Å². The van der Waals surface area contributed by atoms with Gasteiger partial charge in [-0.1, -0.05) is 13.0 Å². The van der Waals surface area contributed by atoms with E-state index in [9.17, 15) is 19.1 Å². The highest BCUT2D eigenvalue weighted by Crippen LogP contribution is 2.25. The summed E-state index contributed by atoms with van der Waals surface area (Å²) in [5, 5.41) is 13.8. The van der Waals surface area contributed by atoms with Gasteiger partial charge < -0.3 is 10.2 Å². The molecule has 1 atom stereocenters. The normalized spacial score (nSPS) is 20.1. The highest BCUT2D eigenvalue weighted by molar-refractivity contribution is 7.86. The number of urea groups is 1. The molecule has 0 saturated carbocycles. The Morgan fingerprint density at radius 1 is 1.48 bits per heavy atom. The molecule has 0 aliphatic carbocycles. The van der Waals surface area contributed by atoms with Gasteiger partial charge in [-0.15, -0.1) is 0 Å². The van der Waals surface area contributed by atoms with Crippen molar-refractivity contribution in [2.75, 3.05) is 24.2 Å². The average molecular weight is 339 g/mol. The van der Waals surface area contributed by atoms with Gasteiger partial charge in [-0.05, 0) is 26.3 Å². The molecule has 1 aromatic carbocycles. The van der Waals surface area contributed by atoms with E-state index in [0.29, 0.717) is 36.5 Å². The number of rotatable bonds is 3. The molecule has 2 amide bonds. The first kappa shape index (κ1) is 17.4. The van der Waals surface area contributed by atoms with Crippen LogP contribution in [0.15, 0.2) is 18.2 Å². The van der Waals surface area contributed by atoms with E-state index < -0.39 is 20.5 Å². The molecule has 0 aromatic heterocycles. The summed E-state index contributed by atoms with van der Waals surface area (Å²) in [5.74, 6) is 0.440. The number of benzene rings is 1. The number of hydrogen-bond acceptors (Lipinski definition) is 4. The van der Waals surface area contributed by atoms with Gasteiger partial charge in [-0.3, -0.25) is 14.3 Å². The van der Waals surface area contributed by atoms with Crippen LogP contribution in [0, 0.1) is 10.1 Å². The Balaban J connectivity index is 2.13. The summed E-state index contributed by atoms with van der Waals surface area (Å²) >= 11 is 0. The first-order chi connectivity index (χ1) is 10.7. The molecule has 1 N–H and O–H groups in total. The van der Waals surface area contributed by atoms with Crippen molar-refractivity contribution in [2.24, 2.45) is 0 Å². The number of hydrogen-bond donors (Lipinski definition) is 1. The third kappa shape index (κ3) is 3.87. The second-order valence-electron chi connectivity index (χ2n) is 6.12. The number of carbonyl (C=O) groups excluding carboxylic acids is 1. The van der Waals surface area contributed by atoms with Gasteiger partial charge in [0.15, 0.2) is 0 Å². The number of anilines is 1. The molecule has 1 fully saturated rings. The van der Waals surface area contributed by atoms with Crippen molar-refractivity contribution in [3.8, 4) is 0 Å². The van der Waals surface area contributed by atoms with Crippen molar-refractivity contribution in [1.82, 2.24) is 4.90 Å². The van der Waals surface area contributed by atoms with E-state index in [-0.39, 0.29) is 11.7 Å². The lowest BCUT2D eigenvalue weighted by atomic mass is 10.1. The first-order valence-corrected chi connectivity index (χ1v) is 8.78. The maximum absolute atomic E-state index is 12.3. The summed E-state index contributed by atoms with van der Waals surface area (Å²) in [6.45, 7) is 6.38. The number of amides is 2. The largest absolute Gasteiger partial charge is 0.322 e. The molecule has 8 heteroatoms. The molecular formula is C15H21N3O4S. The zero-order valence-corrected chi connectivity index (χ0v) is 14.3. The Labute approximate surface area is 137 Å². The Morgan fingerprint density at radius 2 is 2.17 bits per heavy atom. The predicted octanol–water partition coefficient (Wildman–Crippen LogP) is 2.53. The highest BCUT2D eigenvalue weighted by Gasteiger charge is 2.35. The van der Waals surface area contributed by atoms with Gasteiger partial charge in [0.2, 0.25) is 0 Å². The van der Waals surface area contributed by atoms with Gasteiger partial charge in [0.25, 0.3) is 5.69 Å². The van der Waals surface area contributed by atoms with Crippen molar-refractivity contribution < 1.29 is 13.9 Å². The van der Waals surface area contributed by atoms with Crippen LogP contribution in [-0.4, -0.2) is 43.7 Å². The van der Waals surface area contributed by atoms with Crippen LogP contribution in [0.3, 0.4) is 0 Å². The summed E-state index contributed by atoms with van der Waals surface area (Å²) in [5.41, 5.74) is 1.02. The minimum atomic E-state index is -0.959. The highest BCUT2D eigenvalue weighted by atomic mass is 32.2. The molecule has 1 unspecified atom stereocenters. The summed E-state index contributed by atoms with van der Waals surface area (Å²) in [6.07, 6.45) is 0.552. The summed E-state index contributed by atoms with van der Waals surface area (Å²) in [4.78, 5) is 24.6. The van der Waals surface area contributed by atoms with E-state index in [0.717, 1.165) is 0 Å². The molecule has 7 nitrogen and oxygen atoms in total. The number of aryl methyl sites for hydroxylation is 1. The fraction of sp³-hybridized carbons (Fsp3) is 0.533. The van der Waals surface area contributed by atoms with Crippen molar-refractivity contribution in [3.05, 3.63) is 33.9 Å². The molecule has 1 aliphatic rings. The number of nitrogens with zero attached hydrogens (tertiary/aromatic N) is 2. The van der Waals surface area contributed by atoms with Gasteiger partial charge in [0.05, 0.1) is 9.67 Å². The Kier molecular flexibility index (Phi) is 5.03. The average Bonchev–Trinajstić information content (AvgIpc) is 2.49. The number of carbonyl (C=O) groups is 1. The maximum atomic E-state index is 12.3. The SMILES string of the molecule is CCc1ccc(NC(=O)N2CCS(=O)C(C)(C)C2)cc1[N+](=O)[O-]. The van der Waals surface area contributed by atoms with Crippen molar-refractivity contribution in [1.29, 1.82) is 0 Å². The Morgan fingerprint density at radius 3 is 2.74 bits per heavy atom. The van der Waals surface area contributed by atoms with E-state index in [1.165, 1.54) is 6.07 Å². The first-order valence-electron chi connectivity index (χ1n) is 7.46. The van der Waals surface area contributed by atoms with Gasteiger partial charge in [-0.25, -0.2) is 4.79 Å². The second kappa shape index (κ2) is 6.66. The molecule has 0 radical (unpaired) electrons. The lowest BCUT2D eigenvalue weighted by Crippen LogP contribution is -2.53. The lowest BCUT2D eigenvalue weighted by Gasteiger charge is -2.37. The molecule has 1 aromatic rings. The minimum absolute atomic E-state index is 0.00498. The molecule has 2 rings (SSSR count). The quantitative estimate of drug-likeness (QED) is 0.676.